The van der Waals surface area contributed by atoms with Gasteiger partial charge in [-0.05, 0) is 75.1 Å². The molecule has 3 aromatic rings. The third kappa shape index (κ3) is 6.09. The number of rotatable bonds is 7. The van der Waals surface area contributed by atoms with Crippen LogP contribution in [0.3, 0.4) is 0 Å². The van der Waals surface area contributed by atoms with Crippen LogP contribution in [0.5, 0.6) is 0 Å². The van der Waals surface area contributed by atoms with Crippen LogP contribution in [0.1, 0.15) is 41.9 Å². The molecule has 1 aromatic heterocycles. The average Bonchev–Trinajstić information content (AvgIpc) is 2.81. The lowest BCUT2D eigenvalue weighted by Gasteiger charge is -2.26. The summed E-state index contributed by atoms with van der Waals surface area (Å²) in [6.45, 7) is 1.81. The number of hydrogen-bond acceptors (Lipinski definition) is 7. The third-order valence-electron chi connectivity index (χ3n) is 5.64. The van der Waals surface area contributed by atoms with Gasteiger partial charge in [-0.1, -0.05) is 18.2 Å². The average molecular weight is 481 g/mol. The zero-order chi connectivity index (χ0) is 24.1. The maximum Gasteiger partial charge on any atom is 0.274 e. The number of aromatic nitrogens is 2. The first-order valence-electron chi connectivity index (χ1n) is 11.2. The van der Waals surface area contributed by atoms with E-state index in [0.29, 0.717) is 23.0 Å². The van der Waals surface area contributed by atoms with E-state index in [-0.39, 0.29) is 22.7 Å². The first-order valence-corrected chi connectivity index (χ1v) is 12.6. The van der Waals surface area contributed by atoms with Gasteiger partial charge in [0.05, 0.1) is 4.90 Å². The Bertz CT molecular complexity index is 1240. The Morgan fingerprint density at radius 3 is 2.29 bits per heavy atom. The van der Waals surface area contributed by atoms with Gasteiger partial charge in [-0.25, -0.2) is 18.4 Å². The zero-order valence-corrected chi connectivity index (χ0v) is 19.7. The fraction of sp³-hybridized carbons (Fsp3) is 0.292. The molecule has 178 valence electrons. The highest BCUT2D eigenvalue weighted by molar-refractivity contribution is 7.92. The van der Waals surface area contributed by atoms with Crippen LogP contribution in [-0.4, -0.2) is 36.4 Å². The SMILES string of the molecule is Cc1cc(C(=O)Nc2ccc(S(=O)(=O)Nc3ccccc3)cc2)nc(NC2CCC(N)CC2)n1. The first-order chi connectivity index (χ1) is 16.3. The molecular formula is C24H28N6O3S. The molecule has 1 fully saturated rings. The van der Waals surface area contributed by atoms with Gasteiger partial charge >= 0.3 is 0 Å². The molecule has 0 unspecified atom stereocenters. The molecule has 4 rings (SSSR count). The lowest BCUT2D eigenvalue weighted by Crippen LogP contribution is -2.33. The molecule has 1 saturated carbocycles. The van der Waals surface area contributed by atoms with E-state index in [1.54, 1.807) is 43.3 Å². The topological polar surface area (TPSA) is 139 Å². The Hall–Kier alpha value is -3.50. The Balaban J connectivity index is 1.42. The number of benzene rings is 2. The molecule has 0 radical (unpaired) electrons. The van der Waals surface area contributed by atoms with Crippen molar-refractivity contribution in [3.63, 3.8) is 0 Å². The fourth-order valence-corrected chi connectivity index (χ4v) is 4.89. The molecule has 2 aromatic carbocycles. The molecule has 0 bridgehead atoms. The van der Waals surface area contributed by atoms with Crippen molar-refractivity contribution >= 4 is 33.3 Å². The number of hydrogen-bond donors (Lipinski definition) is 4. The van der Waals surface area contributed by atoms with Crippen LogP contribution in [0.25, 0.3) is 0 Å². The maximum atomic E-state index is 12.8. The molecule has 0 spiro atoms. The summed E-state index contributed by atoms with van der Waals surface area (Å²) in [5.74, 6) is 0.0104. The summed E-state index contributed by atoms with van der Waals surface area (Å²) in [5.41, 5.74) is 7.79. The smallest absolute Gasteiger partial charge is 0.274 e. The lowest BCUT2D eigenvalue weighted by atomic mass is 9.92. The first kappa shape index (κ1) is 23.7. The molecule has 34 heavy (non-hydrogen) atoms. The Labute approximate surface area is 199 Å². The molecule has 10 heteroatoms. The van der Waals surface area contributed by atoms with Crippen LogP contribution in [0.15, 0.2) is 65.6 Å². The summed E-state index contributed by atoms with van der Waals surface area (Å²) in [7, 11) is -3.74. The van der Waals surface area contributed by atoms with Gasteiger partial charge in [-0.15, -0.1) is 0 Å². The number of para-hydroxylation sites is 1. The Morgan fingerprint density at radius 1 is 0.941 bits per heavy atom. The van der Waals surface area contributed by atoms with Gasteiger partial charge in [0.15, 0.2) is 0 Å². The predicted octanol–water partition coefficient (Wildman–Crippen LogP) is 3.52. The minimum Gasteiger partial charge on any atom is -0.351 e. The van der Waals surface area contributed by atoms with Gasteiger partial charge in [0.1, 0.15) is 5.69 Å². The Kier molecular flexibility index (Phi) is 7.09. The zero-order valence-electron chi connectivity index (χ0n) is 18.9. The van der Waals surface area contributed by atoms with Gasteiger partial charge in [-0.2, -0.15) is 0 Å². The number of aryl methyl sites for hydroxylation is 1. The summed E-state index contributed by atoms with van der Waals surface area (Å²) in [5, 5.41) is 6.08. The largest absolute Gasteiger partial charge is 0.351 e. The molecule has 0 atom stereocenters. The van der Waals surface area contributed by atoms with E-state index in [1.165, 1.54) is 24.3 Å². The van der Waals surface area contributed by atoms with Gasteiger partial charge < -0.3 is 16.4 Å². The fourth-order valence-electron chi connectivity index (χ4n) is 3.83. The van der Waals surface area contributed by atoms with Crippen molar-refractivity contribution < 1.29 is 13.2 Å². The van der Waals surface area contributed by atoms with Crippen molar-refractivity contribution in [3.8, 4) is 0 Å². The highest BCUT2D eigenvalue weighted by Gasteiger charge is 2.20. The summed E-state index contributed by atoms with van der Waals surface area (Å²) < 4.78 is 27.7. The van der Waals surface area contributed by atoms with E-state index in [9.17, 15) is 13.2 Å². The van der Waals surface area contributed by atoms with Crippen LogP contribution in [-0.2, 0) is 10.0 Å². The summed E-state index contributed by atoms with van der Waals surface area (Å²) in [6, 6.07) is 16.7. The maximum absolute atomic E-state index is 12.8. The van der Waals surface area contributed by atoms with E-state index in [1.807, 2.05) is 0 Å². The van der Waals surface area contributed by atoms with Crippen LogP contribution < -0.4 is 21.1 Å². The number of anilines is 3. The molecule has 5 N–H and O–H groups in total. The van der Waals surface area contributed by atoms with Gasteiger partial charge in [0.2, 0.25) is 5.95 Å². The van der Waals surface area contributed by atoms with E-state index < -0.39 is 15.9 Å². The summed E-state index contributed by atoms with van der Waals surface area (Å²) in [4.78, 5) is 21.7. The molecule has 1 aliphatic carbocycles. The Morgan fingerprint density at radius 2 is 1.62 bits per heavy atom. The van der Waals surface area contributed by atoms with Gasteiger partial charge in [0.25, 0.3) is 15.9 Å². The standard InChI is InChI=1S/C24H28N6O3S/c1-16-15-22(29-24(26-16)28-19-9-7-17(25)8-10-19)23(31)27-18-11-13-21(14-12-18)34(32,33)30-20-5-3-2-4-6-20/h2-6,11-15,17,19,30H,7-10,25H2,1H3,(H,27,31)(H,26,28,29). The number of nitrogens with two attached hydrogens (primary N) is 1. The van der Waals surface area contributed by atoms with Crippen molar-refractivity contribution in [1.29, 1.82) is 0 Å². The van der Waals surface area contributed by atoms with E-state index in [0.717, 1.165) is 25.7 Å². The van der Waals surface area contributed by atoms with E-state index in [4.69, 9.17) is 5.73 Å². The monoisotopic (exact) mass is 480 g/mol. The number of nitrogens with zero attached hydrogens (tertiary/aromatic N) is 2. The van der Waals surface area contributed by atoms with Crippen molar-refractivity contribution in [3.05, 3.63) is 72.1 Å². The number of carbonyl (C=O) groups is 1. The minimum atomic E-state index is -3.74. The van der Waals surface area contributed by atoms with Crippen LogP contribution in [0, 0.1) is 6.92 Å². The number of sulfonamides is 1. The second kappa shape index (κ2) is 10.2. The molecule has 1 amide bonds. The highest BCUT2D eigenvalue weighted by Crippen LogP contribution is 2.21. The molecular weight excluding hydrogens is 452 g/mol. The third-order valence-corrected chi connectivity index (χ3v) is 7.04. The van der Waals surface area contributed by atoms with Gasteiger partial charge in [-0.3, -0.25) is 9.52 Å². The molecule has 0 aliphatic heterocycles. The van der Waals surface area contributed by atoms with Crippen molar-refractivity contribution in [2.45, 2.75) is 49.6 Å². The molecule has 1 aliphatic rings. The number of nitrogens with one attached hydrogen (secondary N) is 3. The second-order valence-corrected chi connectivity index (χ2v) is 10.1. The van der Waals surface area contributed by atoms with Crippen molar-refractivity contribution in [1.82, 2.24) is 9.97 Å². The summed E-state index contributed by atoms with van der Waals surface area (Å²) in [6.07, 6.45) is 3.77. The van der Waals surface area contributed by atoms with Crippen LogP contribution in [0.4, 0.5) is 17.3 Å². The normalized spacial score (nSPS) is 18.2. The summed E-state index contributed by atoms with van der Waals surface area (Å²) >= 11 is 0. The van der Waals surface area contributed by atoms with Crippen molar-refractivity contribution in [2.75, 3.05) is 15.4 Å². The van der Waals surface area contributed by atoms with Crippen LogP contribution in [0.2, 0.25) is 0 Å². The number of carbonyl (C=O) groups excluding carboxylic acids is 1. The molecule has 1 heterocycles. The lowest BCUT2D eigenvalue weighted by molar-refractivity contribution is 0.102. The quantitative estimate of drug-likeness (QED) is 0.406. The van der Waals surface area contributed by atoms with Crippen molar-refractivity contribution in [2.24, 2.45) is 5.73 Å². The minimum absolute atomic E-state index is 0.0888. The predicted molar refractivity (Wildman–Crippen MR) is 132 cm³/mol. The number of amides is 1. The highest BCUT2D eigenvalue weighted by atomic mass is 32.2. The molecule has 0 saturated heterocycles. The second-order valence-electron chi connectivity index (χ2n) is 8.42. The van der Waals surface area contributed by atoms with E-state index >= 15 is 0 Å². The van der Waals surface area contributed by atoms with Gasteiger partial charge in [0, 0.05) is 29.2 Å². The molecule has 9 nitrogen and oxygen atoms in total. The van der Waals surface area contributed by atoms with Crippen LogP contribution >= 0.6 is 0 Å². The van der Waals surface area contributed by atoms with E-state index in [2.05, 4.69) is 25.3 Å².